The maximum Gasteiger partial charge on any atom is 0.116 e. The molecule has 0 spiro atoms. The van der Waals surface area contributed by atoms with Crippen LogP contribution < -0.4 is 10.6 Å². The van der Waals surface area contributed by atoms with Crippen LogP contribution >= 0.6 is 11.8 Å². The summed E-state index contributed by atoms with van der Waals surface area (Å²) in [6.07, 6.45) is 0. The van der Waals surface area contributed by atoms with Crippen molar-refractivity contribution in [3.8, 4) is 5.75 Å². The Hall–Kier alpha value is -1.81. The van der Waals surface area contributed by atoms with E-state index in [9.17, 15) is 5.11 Å². The van der Waals surface area contributed by atoms with Crippen LogP contribution in [0.2, 0.25) is 0 Å². The monoisotopic (exact) mass is 288 g/mol. The molecule has 20 heavy (non-hydrogen) atoms. The van der Waals surface area contributed by atoms with Gasteiger partial charge in [0.15, 0.2) is 0 Å². The fourth-order valence-corrected chi connectivity index (χ4v) is 3.18. The Kier molecular flexibility index (Phi) is 4.79. The van der Waals surface area contributed by atoms with Gasteiger partial charge >= 0.3 is 0 Å². The van der Waals surface area contributed by atoms with Crippen molar-refractivity contribution in [2.24, 2.45) is 0 Å². The Balaban J connectivity index is 0.000000704. The van der Waals surface area contributed by atoms with Crippen LogP contribution in [-0.2, 0) is 0 Å². The Bertz CT molecular complexity index is 569. The van der Waals surface area contributed by atoms with E-state index in [1.54, 1.807) is 23.9 Å². The molecule has 0 radical (unpaired) electrons. The van der Waals surface area contributed by atoms with Crippen LogP contribution in [0, 0.1) is 0 Å². The first-order valence-corrected chi connectivity index (χ1v) is 7.68. The molecule has 0 aromatic heterocycles. The average Bonchev–Trinajstić information content (AvgIpc) is 2.92. The number of thioether (sulfide) groups is 1. The van der Waals surface area contributed by atoms with Gasteiger partial charge in [0.2, 0.25) is 0 Å². The summed E-state index contributed by atoms with van der Waals surface area (Å²) in [5.41, 5.74) is 3.42. The number of nitrogens with one attached hydrogen (secondary N) is 2. The number of hydrogen-bond acceptors (Lipinski definition) is 4. The van der Waals surface area contributed by atoms with Gasteiger partial charge in [-0.05, 0) is 35.9 Å². The first-order chi connectivity index (χ1) is 9.76. The predicted molar refractivity (Wildman–Crippen MR) is 87.7 cm³/mol. The summed E-state index contributed by atoms with van der Waals surface area (Å²) >= 11 is 1.73. The molecule has 0 saturated heterocycles. The van der Waals surface area contributed by atoms with Gasteiger partial charge in [-0.15, -0.1) is 0 Å². The molecule has 1 atom stereocenters. The molecule has 3 rings (SSSR count). The molecule has 0 amide bonds. The van der Waals surface area contributed by atoms with E-state index in [0.29, 0.717) is 5.75 Å². The van der Waals surface area contributed by atoms with Crippen molar-refractivity contribution >= 4 is 23.1 Å². The highest BCUT2D eigenvalue weighted by atomic mass is 32.2. The van der Waals surface area contributed by atoms with Crippen LogP contribution in [0.3, 0.4) is 0 Å². The third-order valence-electron chi connectivity index (χ3n) is 3.00. The van der Waals surface area contributed by atoms with Crippen molar-refractivity contribution in [2.75, 3.05) is 17.7 Å². The molecule has 1 unspecified atom stereocenters. The lowest BCUT2D eigenvalue weighted by atomic mass is 10.2. The van der Waals surface area contributed by atoms with Crippen LogP contribution in [0.4, 0.5) is 11.4 Å². The maximum absolute atomic E-state index is 9.47. The van der Waals surface area contributed by atoms with Gasteiger partial charge in [-0.3, -0.25) is 0 Å². The van der Waals surface area contributed by atoms with Gasteiger partial charge in [0.25, 0.3) is 0 Å². The molecule has 106 valence electrons. The second kappa shape index (κ2) is 6.57. The fourth-order valence-electron chi connectivity index (χ4n) is 2.00. The first-order valence-electron chi connectivity index (χ1n) is 6.80. The van der Waals surface area contributed by atoms with Crippen molar-refractivity contribution in [3.63, 3.8) is 0 Å². The van der Waals surface area contributed by atoms with Crippen molar-refractivity contribution in [1.29, 1.82) is 0 Å². The zero-order chi connectivity index (χ0) is 14.5. The Labute approximate surface area is 124 Å². The predicted octanol–water partition coefficient (Wildman–Crippen LogP) is 4.68. The summed E-state index contributed by atoms with van der Waals surface area (Å²) < 4.78 is 0. The van der Waals surface area contributed by atoms with Gasteiger partial charge in [0.05, 0.1) is 0 Å². The third-order valence-corrected chi connectivity index (χ3v) is 4.22. The smallest absolute Gasteiger partial charge is 0.116 e. The Morgan fingerprint density at radius 1 is 1.10 bits per heavy atom. The van der Waals surface area contributed by atoms with Gasteiger partial charge < -0.3 is 15.7 Å². The second-order valence-electron chi connectivity index (χ2n) is 4.19. The summed E-state index contributed by atoms with van der Waals surface area (Å²) in [6, 6.07) is 13.8. The first kappa shape index (κ1) is 14.6. The van der Waals surface area contributed by atoms with E-state index >= 15 is 0 Å². The van der Waals surface area contributed by atoms with Crippen LogP contribution in [-0.4, -0.2) is 12.2 Å². The Morgan fingerprint density at radius 3 is 2.45 bits per heavy atom. The molecule has 0 saturated carbocycles. The highest BCUT2D eigenvalue weighted by Gasteiger charge is 2.22. The van der Waals surface area contributed by atoms with Crippen molar-refractivity contribution in [1.82, 2.24) is 0 Å². The second-order valence-corrected chi connectivity index (χ2v) is 5.34. The molecule has 1 heterocycles. The molecule has 3 nitrogen and oxygen atoms in total. The number of rotatable bonds is 2. The van der Waals surface area contributed by atoms with Crippen molar-refractivity contribution < 1.29 is 5.11 Å². The highest BCUT2D eigenvalue weighted by molar-refractivity contribution is 8.00. The van der Waals surface area contributed by atoms with Gasteiger partial charge in [-0.2, -0.15) is 0 Å². The van der Waals surface area contributed by atoms with Gasteiger partial charge in [-0.1, -0.05) is 37.7 Å². The Morgan fingerprint density at radius 2 is 1.80 bits per heavy atom. The quantitative estimate of drug-likeness (QED) is 0.702. The third kappa shape index (κ3) is 3.02. The number of phenolic OH excluding ortho intramolecular Hbond substituents is 1. The maximum atomic E-state index is 9.47. The minimum absolute atomic E-state index is 0.215. The number of phenols is 1. The molecule has 4 heteroatoms. The van der Waals surface area contributed by atoms with E-state index in [4.69, 9.17) is 0 Å². The molecular weight excluding hydrogens is 268 g/mol. The van der Waals surface area contributed by atoms with Gasteiger partial charge in [0.1, 0.15) is 11.1 Å². The summed E-state index contributed by atoms with van der Waals surface area (Å²) in [4.78, 5) is 1.10. The lowest BCUT2D eigenvalue weighted by Crippen LogP contribution is -2.01. The minimum Gasteiger partial charge on any atom is -0.508 e. The largest absolute Gasteiger partial charge is 0.508 e. The standard InChI is InChI=1S/C14H14N2OS.C2H6/c1-15-10-4-2-9(3-5-10)14-16-12-7-6-11(17)8-13(12)18-14;1-2/h2-8,14-17H,1H3;1-2H3. The zero-order valence-electron chi connectivity index (χ0n) is 12.0. The molecule has 2 aromatic carbocycles. The van der Waals surface area contributed by atoms with Crippen molar-refractivity contribution in [3.05, 3.63) is 48.0 Å². The average molecular weight is 288 g/mol. The van der Waals surface area contributed by atoms with E-state index in [1.165, 1.54) is 5.56 Å². The number of hydrogen-bond donors (Lipinski definition) is 3. The topological polar surface area (TPSA) is 44.3 Å². The van der Waals surface area contributed by atoms with E-state index in [-0.39, 0.29) is 5.37 Å². The van der Waals surface area contributed by atoms with E-state index < -0.39 is 0 Å². The zero-order valence-corrected chi connectivity index (χ0v) is 12.8. The van der Waals surface area contributed by atoms with Crippen molar-refractivity contribution in [2.45, 2.75) is 24.1 Å². The fraction of sp³-hybridized carbons (Fsp3) is 0.250. The minimum atomic E-state index is 0.215. The number of fused-ring (bicyclic) bond motifs is 1. The molecule has 1 aliphatic heterocycles. The molecule has 0 fully saturated rings. The van der Waals surface area contributed by atoms with Gasteiger partial charge in [0, 0.05) is 23.3 Å². The number of benzene rings is 2. The van der Waals surface area contributed by atoms with Crippen LogP contribution in [0.5, 0.6) is 5.75 Å². The molecule has 1 aliphatic rings. The SMILES string of the molecule is CC.CNc1ccc(C2Nc3ccc(O)cc3S2)cc1. The van der Waals surface area contributed by atoms with Crippen LogP contribution in [0.25, 0.3) is 0 Å². The summed E-state index contributed by atoms with van der Waals surface area (Å²) in [7, 11) is 1.91. The van der Waals surface area contributed by atoms with E-state index in [0.717, 1.165) is 16.3 Å². The summed E-state index contributed by atoms with van der Waals surface area (Å²) in [5, 5.41) is 16.2. The van der Waals surface area contributed by atoms with E-state index in [1.807, 2.05) is 27.0 Å². The van der Waals surface area contributed by atoms with Crippen LogP contribution in [0.1, 0.15) is 24.8 Å². The summed E-state index contributed by atoms with van der Waals surface area (Å²) in [6.45, 7) is 4.00. The molecule has 0 bridgehead atoms. The van der Waals surface area contributed by atoms with E-state index in [2.05, 4.69) is 34.9 Å². The lowest BCUT2D eigenvalue weighted by Gasteiger charge is -2.11. The molecular formula is C16H20N2OS. The van der Waals surface area contributed by atoms with Crippen LogP contribution in [0.15, 0.2) is 47.4 Å². The summed E-state index contributed by atoms with van der Waals surface area (Å²) in [5.74, 6) is 0.314. The number of aromatic hydroxyl groups is 1. The number of anilines is 2. The molecule has 3 N–H and O–H groups in total. The lowest BCUT2D eigenvalue weighted by molar-refractivity contribution is 0.474. The molecule has 2 aromatic rings. The van der Waals surface area contributed by atoms with Gasteiger partial charge in [-0.25, -0.2) is 0 Å². The normalized spacial score (nSPS) is 15.7. The molecule has 0 aliphatic carbocycles. The highest BCUT2D eigenvalue weighted by Crippen LogP contribution is 2.47.